The first-order chi connectivity index (χ1) is 8.97. The Morgan fingerprint density at radius 3 is 2.53 bits per heavy atom. The normalized spacial score (nSPS) is 10.2. The Bertz CT molecular complexity index is 706. The summed E-state index contributed by atoms with van der Waals surface area (Å²) in [5, 5.41) is 18.4. The van der Waals surface area contributed by atoms with Crippen LogP contribution in [0.2, 0.25) is 0 Å². The first kappa shape index (κ1) is 12.9. The maximum Gasteiger partial charge on any atom is 0.337 e. The Morgan fingerprint density at radius 1 is 1.32 bits per heavy atom. The van der Waals surface area contributed by atoms with Crippen LogP contribution >= 0.6 is 0 Å². The lowest BCUT2D eigenvalue weighted by Crippen LogP contribution is -2.05. The predicted molar refractivity (Wildman–Crippen MR) is 71.7 cm³/mol. The van der Waals surface area contributed by atoms with E-state index in [-0.39, 0.29) is 5.56 Å². The summed E-state index contributed by atoms with van der Waals surface area (Å²) in [5.74, 6) is -0.953. The van der Waals surface area contributed by atoms with E-state index in [9.17, 15) is 10.1 Å². The van der Waals surface area contributed by atoms with E-state index in [4.69, 9.17) is 5.11 Å². The first-order valence-corrected chi connectivity index (χ1v) is 5.89. The predicted octanol–water partition coefficient (Wildman–Crippen LogP) is 2.97. The van der Waals surface area contributed by atoms with Gasteiger partial charge in [0.2, 0.25) is 0 Å². The van der Waals surface area contributed by atoms with E-state index in [2.05, 4.69) is 6.07 Å². The van der Waals surface area contributed by atoms with Crippen molar-refractivity contribution in [2.24, 2.45) is 0 Å². The Morgan fingerprint density at radius 2 is 2.00 bits per heavy atom. The van der Waals surface area contributed by atoms with E-state index < -0.39 is 5.97 Å². The van der Waals surface area contributed by atoms with Gasteiger partial charge < -0.3 is 9.67 Å². The lowest BCUT2D eigenvalue weighted by Gasteiger charge is -2.12. The number of carboxylic acids is 1. The Labute approximate surface area is 111 Å². The highest BCUT2D eigenvalue weighted by molar-refractivity contribution is 5.89. The van der Waals surface area contributed by atoms with Crippen molar-refractivity contribution >= 4 is 5.97 Å². The molecule has 0 amide bonds. The first-order valence-electron chi connectivity index (χ1n) is 5.89. The zero-order valence-corrected chi connectivity index (χ0v) is 11.1. The lowest BCUT2D eigenvalue weighted by atomic mass is 10.1. The van der Waals surface area contributed by atoms with E-state index in [1.165, 1.54) is 0 Å². The van der Waals surface area contributed by atoms with Gasteiger partial charge in [-0.15, -0.1) is 0 Å². The molecule has 0 radical (unpaired) electrons. The van der Waals surface area contributed by atoms with Gasteiger partial charge >= 0.3 is 5.97 Å². The van der Waals surface area contributed by atoms with Crippen molar-refractivity contribution in [3.63, 3.8) is 0 Å². The van der Waals surface area contributed by atoms with E-state index >= 15 is 0 Å². The molecule has 0 spiro atoms. The second kappa shape index (κ2) is 4.62. The van der Waals surface area contributed by atoms with Crippen molar-refractivity contribution in [3.05, 3.63) is 52.3 Å². The second-order valence-corrected chi connectivity index (χ2v) is 4.51. The van der Waals surface area contributed by atoms with Crippen LogP contribution in [0.5, 0.6) is 0 Å². The minimum absolute atomic E-state index is 0.267. The molecule has 0 aliphatic rings. The molecule has 0 saturated heterocycles. The monoisotopic (exact) mass is 254 g/mol. The van der Waals surface area contributed by atoms with Gasteiger partial charge in [0.25, 0.3) is 0 Å². The summed E-state index contributed by atoms with van der Waals surface area (Å²) in [6.07, 6.45) is 0. The van der Waals surface area contributed by atoms with Crippen molar-refractivity contribution in [2.75, 3.05) is 0 Å². The number of nitriles is 1. The molecule has 4 nitrogen and oxygen atoms in total. The smallest absolute Gasteiger partial charge is 0.337 e. The molecule has 96 valence electrons. The minimum atomic E-state index is -0.953. The topological polar surface area (TPSA) is 66.0 Å². The van der Waals surface area contributed by atoms with Crippen LogP contribution in [-0.4, -0.2) is 15.6 Å². The second-order valence-electron chi connectivity index (χ2n) is 4.51. The number of carbonyl (C=O) groups is 1. The van der Waals surface area contributed by atoms with Gasteiger partial charge in [0.15, 0.2) is 0 Å². The van der Waals surface area contributed by atoms with Crippen LogP contribution in [-0.2, 0) is 0 Å². The summed E-state index contributed by atoms with van der Waals surface area (Å²) in [6, 6.07) is 9.38. The summed E-state index contributed by atoms with van der Waals surface area (Å²) in [6.45, 7) is 5.46. The van der Waals surface area contributed by atoms with Crippen molar-refractivity contribution < 1.29 is 9.90 Å². The van der Waals surface area contributed by atoms with Crippen LogP contribution in [0, 0.1) is 32.1 Å². The third-order valence-electron chi connectivity index (χ3n) is 3.27. The molecule has 1 aromatic heterocycles. The number of aromatic nitrogens is 1. The highest BCUT2D eigenvalue weighted by Crippen LogP contribution is 2.24. The van der Waals surface area contributed by atoms with Crippen molar-refractivity contribution in [1.82, 2.24) is 4.57 Å². The van der Waals surface area contributed by atoms with Crippen LogP contribution in [0.4, 0.5) is 0 Å². The summed E-state index contributed by atoms with van der Waals surface area (Å²) < 4.78 is 1.81. The van der Waals surface area contributed by atoms with Gasteiger partial charge in [-0.2, -0.15) is 5.26 Å². The number of hydrogen-bond acceptors (Lipinski definition) is 2. The van der Waals surface area contributed by atoms with Gasteiger partial charge in [0.1, 0.15) is 6.07 Å². The number of nitrogens with zero attached hydrogens (tertiary/aromatic N) is 2. The van der Waals surface area contributed by atoms with Gasteiger partial charge in [-0.25, -0.2) is 4.79 Å². The highest BCUT2D eigenvalue weighted by Gasteiger charge is 2.17. The fourth-order valence-corrected chi connectivity index (χ4v) is 2.33. The third kappa shape index (κ3) is 2.00. The van der Waals surface area contributed by atoms with Crippen LogP contribution in [0.15, 0.2) is 24.3 Å². The zero-order chi connectivity index (χ0) is 14.2. The SMILES string of the molecule is Cc1cccc(-n2c(C)cc(C(=O)O)c2C)c1C#N. The Balaban J connectivity index is 2.78. The molecule has 0 atom stereocenters. The zero-order valence-electron chi connectivity index (χ0n) is 11.1. The van der Waals surface area contributed by atoms with E-state index in [1.54, 1.807) is 13.0 Å². The van der Waals surface area contributed by atoms with Gasteiger partial charge in [-0.1, -0.05) is 12.1 Å². The molecule has 0 aliphatic heterocycles. The van der Waals surface area contributed by atoms with E-state index in [1.807, 2.05) is 36.6 Å². The lowest BCUT2D eigenvalue weighted by molar-refractivity contribution is 0.0696. The van der Waals surface area contributed by atoms with Crippen molar-refractivity contribution in [2.45, 2.75) is 20.8 Å². The van der Waals surface area contributed by atoms with Crippen LogP contribution in [0.1, 0.15) is 32.9 Å². The molecule has 0 aliphatic carbocycles. The molecule has 1 heterocycles. The quantitative estimate of drug-likeness (QED) is 0.895. The molecule has 19 heavy (non-hydrogen) atoms. The molecule has 0 unspecified atom stereocenters. The summed E-state index contributed by atoms with van der Waals surface area (Å²) in [7, 11) is 0. The van der Waals surface area contributed by atoms with Crippen LogP contribution in [0.3, 0.4) is 0 Å². The Kier molecular flexibility index (Phi) is 3.14. The molecular formula is C15H14N2O2. The molecule has 0 saturated carbocycles. The maximum atomic E-state index is 11.2. The standard InChI is InChI=1S/C15H14N2O2/c1-9-5-4-6-14(13(9)8-16)17-10(2)7-12(11(17)3)15(18)19/h4-7H,1-3H3,(H,18,19). The third-order valence-corrected chi connectivity index (χ3v) is 3.27. The summed E-state index contributed by atoms with van der Waals surface area (Å²) in [4.78, 5) is 11.2. The summed E-state index contributed by atoms with van der Waals surface area (Å²) in [5.41, 5.74) is 3.88. The number of carboxylic acid groups (broad SMARTS) is 1. The van der Waals surface area contributed by atoms with Crippen molar-refractivity contribution in [3.8, 4) is 11.8 Å². The Hall–Kier alpha value is -2.54. The number of benzene rings is 1. The average Bonchev–Trinajstić information content (AvgIpc) is 2.64. The molecule has 0 bridgehead atoms. The van der Waals surface area contributed by atoms with Crippen molar-refractivity contribution in [1.29, 1.82) is 5.26 Å². The maximum absolute atomic E-state index is 11.2. The van der Waals surface area contributed by atoms with Gasteiger partial charge in [-0.05, 0) is 38.5 Å². The van der Waals surface area contributed by atoms with Gasteiger partial charge in [0.05, 0.1) is 16.8 Å². The number of rotatable bonds is 2. The van der Waals surface area contributed by atoms with E-state index in [0.29, 0.717) is 11.3 Å². The molecule has 2 aromatic rings. The molecule has 2 rings (SSSR count). The van der Waals surface area contributed by atoms with Gasteiger partial charge in [-0.3, -0.25) is 0 Å². The fourth-order valence-electron chi connectivity index (χ4n) is 2.33. The molecule has 1 N–H and O–H groups in total. The number of aromatic carboxylic acids is 1. The largest absolute Gasteiger partial charge is 0.478 e. The molecule has 1 aromatic carbocycles. The fraction of sp³-hybridized carbons (Fsp3) is 0.200. The van der Waals surface area contributed by atoms with Crippen LogP contribution in [0.25, 0.3) is 5.69 Å². The molecule has 4 heteroatoms. The number of aryl methyl sites for hydroxylation is 2. The number of hydrogen-bond donors (Lipinski definition) is 1. The molecular weight excluding hydrogens is 240 g/mol. The van der Waals surface area contributed by atoms with Crippen LogP contribution < -0.4 is 0 Å². The molecule has 0 fully saturated rings. The van der Waals surface area contributed by atoms with E-state index in [0.717, 1.165) is 16.9 Å². The van der Waals surface area contributed by atoms with Gasteiger partial charge in [0, 0.05) is 11.4 Å². The average molecular weight is 254 g/mol. The minimum Gasteiger partial charge on any atom is -0.478 e. The highest BCUT2D eigenvalue weighted by atomic mass is 16.4. The summed E-state index contributed by atoms with van der Waals surface area (Å²) >= 11 is 0.